The first-order valence-corrected chi connectivity index (χ1v) is 5.64. The Bertz CT molecular complexity index is 532. The summed E-state index contributed by atoms with van der Waals surface area (Å²) in [6.45, 7) is 2.00. The van der Waals surface area contributed by atoms with Crippen LogP contribution in [0.15, 0.2) is 48.5 Å². The highest BCUT2D eigenvalue weighted by Crippen LogP contribution is 2.12. The van der Waals surface area contributed by atoms with Crippen molar-refractivity contribution < 1.29 is 4.79 Å². The van der Waals surface area contributed by atoms with Crippen molar-refractivity contribution in [2.75, 3.05) is 10.7 Å². The molecule has 0 aliphatic carbocycles. The highest BCUT2D eigenvalue weighted by molar-refractivity contribution is 6.04. The van der Waals surface area contributed by atoms with Crippen LogP contribution in [0.5, 0.6) is 0 Å². The second-order valence-corrected chi connectivity index (χ2v) is 4.04. The normalized spacial score (nSPS) is 9.89. The van der Waals surface area contributed by atoms with Gasteiger partial charge < -0.3 is 10.7 Å². The van der Waals surface area contributed by atoms with Gasteiger partial charge in [-0.05, 0) is 43.3 Å². The molecular weight excluding hydrogens is 226 g/mol. The van der Waals surface area contributed by atoms with Crippen molar-refractivity contribution in [2.45, 2.75) is 6.92 Å². The lowest BCUT2D eigenvalue weighted by atomic mass is 10.2. The van der Waals surface area contributed by atoms with Gasteiger partial charge in [-0.3, -0.25) is 10.6 Å². The first kappa shape index (κ1) is 12.1. The molecule has 0 saturated carbocycles. The van der Waals surface area contributed by atoms with E-state index in [4.69, 9.17) is 5.84 Å². The highest BCUT2D eigenvalue weighted by Gasteiger charge is 2.05. The van der Waals surface area contributed by atoms with Crippen LogP contribution in [0.25, 0.3) is 0 Å². The molecule has 2 aromatic carbocycles. The van der Waals surface area contributed by atoms with E-state index in [1.807, 2.05) is 31.2 Å². The maximum atomic E-state index is 11.9. The van der Waals surface area contributed by atoms with Gasteiger partial charge in [0.1, 0.15) is 0 Å². The largest absolute Gasteiger partial charge is 0.324 e. The predicted molar refractivity (Wildman–Crippen MR) is 73.4 cm³/mol. The van der Waals surface area contributed by atoms with Crippen LogP contribution in [0, 0.1) is 6.92 Å². The highest BCUT2D eigenvalue weighted by atomic mass is 16.1. The summed E-state index contributed by atoms with van der Waals surface area (Å²) in [6, 6.07) is 14.6. The summed E-state index contributed by atoms with van der Waals surface area (Å²) in [6.07, 6.45) is 0. The van der Waals surface area contributed by atoms with E-state index < -0.39 is 0 Å². The van der Waals surface area contributed by atoms with Crippen molar-refractivity contribution in [1.29, 1.82) is 0 Å². The lowest BCUT2D eigenvalue weighted by Crippen LogP contribution is -2.12. The molecule has 2 rings (SSSR count). The Hall–Kier alpha value is -2.33. The van der Waals surface area contributed by atoms with Crippen molar-refractivity contribution >= 4 is 17.3 Å². The maximum absolute atomic E-state index is 11.9. The molecule has 2 aromatic rings. The number of amides is 1. The van der Waals surface area contributed by atoms with E-state index in [-0.39, 0.29) is 5.91 Å². The number of hydrogen-bond acceptors (Lipinski definition) is 3. The predicted octanol–water partition coefficient (Wildman–Crippen LogP) is 2.53. The number of hydrogen-bond donors (Lipinski definition) is 3. The summed E-state index contributed by atoms with van der Waals surface area (Å²) in [5.41, 5.74) is 5.82. The summed E-state index contributed by atoms with van der Waals surface area (Å²) >= 11 is 0. The Kier molecular flexibility index (Phi) is 3.60. The molecule has 0 aliphatic rings. The number of nitrogen functional groups attached to an aromatic ring is 1. The molecule has 4 heteroatoms. The molecule has 0 spiro atoms. The average molecular weight is 241 g/mol. The van der Waals surface area contributed by atoms with Crippen LogP contribution in [0.3, 0.4) is 0 Å². The van der Waals surface area contributed by atoms with Gasteiger partial charge in [0.2, 0.25) is 0 Å². The molecule has 4 nitrogen and oxygen atoms in total. The van der Waals surface area contributed by atoms with E-state index in [9.17, 15) is 4.79 Å². The fourth-order valence-corrected chi connectivity index (χ4v) is 1.56. The van der Waals surface area contributed by atoms with Crippen LogP contribution >= 0.6 is 0 Å². The van der Waals surface area contributed by atoms with E-state index in [2.05, 4.69) is 10.7 Å². The summed E-state index contributed by atoms with van der Waals surface area (Å²) in [5.74, 6) is 5.13. The zero-order valence-corrected chi connectivity index (χ0v) is 10.1. The number of aryl methyl sites for hydroxylation is 1. The SMILES string of the molecule is Cc1ccc(NC(=O)c2ccc(NN)cc2)cc1. The number of nitrogens with two attached hydrogens (primary N) is 1. The summed E-state index contributed by atoms with van der Waals surface area (Å²) in [5, 5.41) is 2.83. The Balaban J connectivity index is 2.09. The first-order chi connectivity index (χ1) is 8.69. The average Bonchev–Trinajstić information content (AvgIpc) is 2.41. The van der Waals surface area contributed by atoms with Crippen molar-refractivity contribution in [2.24, 2.45) is 5.84 Å². The molecule has 0 saturated heterocycles. The van der Waals surface area contributed by atoms with Gasteiger partial charge in [0.25, 0.3) is 5.91 Å². The van der Waals surface area contributed by atoms with Crippen LogP contribution in [-0.2, 0) is 0 Å². The molecule has 0 bridgehead atoms. The van der Waals surface area contributed by atoms with E-state index in [1.54, 1.807) is 24.3 Å². The maximum Gasteiger partial charge on any atom is 0.255 e. The summed E-state index contributed by atoms with van der Waals surface area (Å²) in [4.78, 5) is 11.9. The van der Waals surface area contributed by atoms with E-state index >= 15 is 0 Å². The second-order valence-electron chi connectivity index (χ2n) is 4.04. The van der Waals surface area contributed by atoms with Crippen LogP contribution in [0.4, 0.5) is 11.4 Å². The number of anilines is 2. The van der Waals surface area contributed by atoms with Crippen molar-refractivity contribution in [1.82, 2.24) is 0 Å². The number of carbonyl (C=O) groups is 1. The third-order valence-corrected chi connectivity index (χ3v) is 2.62. The molecule has 0 atom stereocenters. The minimum atomic E-state index is -0.137. The third-order valence-electron chi connectivity index (χ3n) is 2.62. The molecule has 0 aromatic heterocycles. The Morgan fingerprint density at radius 2 is 1.50 bits per heavy atom. The lowest BCUT2D eigenvalue weighted by Gasteiger charge is -2.06. The number of carbonyl (C=O) groups excluding carboxylic acids is 1. The molecule has 92 valence electrons. The molecule has 1 amide bonds. The van der Waals surface area contributed by atoms with Crippen molar-refractivity contribution in [3.05, 3.63) is 59.7 Å². The number of hydrazine groups is 1. The minimum absolute atomic E-state index is 0.137. The minimum Gasteiger partial charge on any atom is -0.324 e. The third kappa shape index (κ3) is 2.87. The van der Waals surface area contributed by atoms with Crippen molar-refractivity contribution in [3.8, 4) is 0 Å². The van der Waals surface area contributed by atoms with Crippen LogP contribution in [0.1, 0.15) is 15.9 Å². The topological polar surface area (TPSA) is 67.2 Å². The zero-order valence-electron chi connectivity index (χ0n) is 10.1. The fourth-order valence-electron chi connectivity index (χ4n) is 1.56. The second kappa shape index (κ2) is 5.33. The van der Waals surface area contributed by atoms with Gasteiger partial charge in [-0.15, -0.1) is 0 Å². The molecular formula is C14H15N3O. The van der Waals surface area contributed by atoms with Crippen LogP contribution in [0.2, 0.25) is 0 Å². The number of nitrogens with one attached hydrogen (secondary N) is 2. The van der Waals surface area contributed by atoms with Crippen LogP contribution < -0.4 is 16.6 Å². The number of rotatable bonds is 3. The van der Waals surface area contributed by atoms with E-state index in [1.165, 1.54) is 0 Å². The Labute approximate surface area is 106 Å². The summed E-state index contributed by atoms with van der Waals surface area (Å²) in [7, 11) is 0. The zero-order chi connectivity index (χ0) is 13.0. The molecule has 0 fully saturated rings. The first-order valence-electron chi connectivity index (χ1n) is 5.64. The van der Waals surface area contributed by atoms with Gasteiger partial charge in [-0.25, -0.2) is 0 Å². The monoisotopic (exact) mass is 241 g/mol. The molecule has 4 N–H and O–H groups in total. The van der Waals surface area contributed by atoms with Crippen LogP contribution in [-0.4, -0.2) is 5.91 Å². The van der Waals surface area contributed by atoms with Gasteiger partial charge in [-0.1, -0.05) is 17.7 Å². The molecule has 0 aliphatic heterocycles. The molecule has 0 unspecified atom stereocenters. The molecule has 18 heavy (non-hydrogen) atoms. The Morgan fingerprint density at radius 3 is 2.06 bits per heavy atom. The standard InChI is InChI=1S/C14H15N3O/c1-10-2-6-12(7-3-10)16-14(18)11-4-8-13(17-15)9-5-11/h2-9,17H,15H2,1H3,(H,16,18). The smallest absolute Gasteiger partial charge is 0.255 e. The van der Waals surface area contributed by atoms with Gasteiger partial charge in [-0.2, -0.15) is 0 Å². The van der Waals surface area contributed by atoms with Gasteiger partial charge in [0.05, 0.1) is 0 Å². The molecule has 0 radical (unpaired) electrons. The Morgan fingerprint density at radius 1 is 0.944 bits per heavy atom. The van der Waals surface area contributed by atoms with Gasteiger partial charge in [0.15, 0.2) is 0 Å². The summed E-state index contributed by atoms with van der Waals surface area (Å²) < 4.78 is 0. The van der Waals surface area contributed by atoms with E-state index in [0.29, 0.717) is 5.56 Å². The van der Waals surface area contributed by atoms with Gasteiger partial charge >= 0.3 is 0 Å². The van der Waals surface area contributed by atoms with Crippen molar-refractivity contribution in [3.63, 3.8) is 0 Å². The quantitative estimate of drug-likeness (QED) is 0.571. The lowest BCUT2D eigenvalue weighted by molar-refractivity contribution is 0.102. The van der Waals surface area contributed by atoms with E-state index in [0.717, 1.165) is 16.9 Å². The fraction of sp³-hybridized carbons (Fsp3) is 0.0714. The number of benzene rings is 2. The van der Waals surface area contributed by atoms with Gasteiger partial charge in [0, 0.05) is 16.9 Å². The molecule has 0 heterocycles.